The molecule has 43 heavy (non-hydrogen) atoms. The minimum atomic E-state index is -0.0269. The van der Waals surface area contributed by atoms with Crippen LogP contribution in [0.3, 0.4) is 0 Å². The van der Waals surface area contributed by atoms with Gasteiger partial charge in [0.2, 0.25) is 6.79 Å². The molecule has 10 nitrogen and oxygen atoms in total. The maximum atomic E-state index is 13.1. The fourth-order valence-electron chi connectivity index (χ4n) is 6.14. The van der Waals surface area contributed by atoms with E-state index in [2.05, 4.69) is 44.9 Å². The number of H-pyrrole nitrogens is 1. The highest BCUT2D eigenvalue weighted by molar-refractivity contribution is 6.03. The van der Waals surface area contributed by atoms with Gasteiger partial charge in [0, 0.05) is 56.3 Å². The minimum absolute atomic E-state index is 0.0217. The Bertz CT molecular complexity index is 1660. The number of aromatic nitrogens is 2. The lowest BCUT2D eigenvalue weighted by Gasteiger charge is -2.35. The number of aromatic amines is 1. The number of nitrogens with zero attached hydrogens (tertiary/aromatic N) is 5. The molecule has 3 aliphatic heterocycles. The summed E-state index contributed by atoms with van der Waals surface area (Å²) >= 11 is 0. The third-order valence-electron chi connectivity index (χ3n) is 8.68. The highest BCUT2D eigenvalue weighted by Crippen LogP contribution is 2.38. The highest BCUT2D eigenvalue weighted by Gasteiger charge is 2.32. The number of ether oxygens (including phenoxy) is 3. The zero-order valence-electron chi connectivity index (χ0n) is 24.6. The maximum absolute atomic E-state index is 13.1. The van der Waals surface area contributed by atoms with Crippen LogP contribution in [0.15, 0.2) is 59.6 Å². The van der Waals surface area contributed by atoms with Gasteiger partial charge < -0.3 is 33.9 Å². The monoisotopic (exact) mass is 580 g/mol. The molecule has 4 aromatic rings. The van der Waals surface area contributed by atoms with Crippen LogP contribution in [0.4, 0.5) is 11.4 Å². The van der Waals surface area contributed by atoms with Gasteiger partial charge in [0.05, 0.1) is 35.4 Å². The number of hydrogen-bond donors (Lipinski definition) is 1. The van der Waals surface area contributed by atoms with E-state index in [0.717, 1.165) is 74.5 Å². The molecule has 0 aliphatic carbocycles. The Morgan fingerprint density at radius 3 is 2.58 bits per heavy atom. The second-order valence-corrected chi connectivity index (χ2v) is 11.1. The number of likely N-dealkylation sites (N-methyl/N-ethyl adjacent to an activating group) is 1. The van der Waals surface area contributed by atoms with Gasteiger partial charge in [-0.25, -0.2) is 4.98 Å². The Hall–Kier alpha value is -4.57. The quantitative estimate of drug-likeness (QED) is 0.289. The van der Waals surface area contributed by atoms with Crippen LogP contribution < -0.4 is 19.1 Å². The van der Waals surface area contributed by atoms with Crippen molar-refractivity contribution in [2.75, 3.05) is 58.1 Å². The first-order chi connectivity index (χ1) is 21.1. The smallest absolute Gasteiger partial charge is 0.256 e. The summed E-state index contributed by atoms with van der Waals surface area (Å²) in [5, 5.41) is 0. The summed E-state index contributed by atoms with van der Waals surface area (Å²) in [6.07, 6.45) is 3.79. The largest absolute Gasteiger partial charge is 0.493 e. The van der Waals surface area contributed by atoms with Gasteiger partial charge in [0.15, 0.2) is 11.5 Å². The lowest BCUT2D eigenvalue weighted by Crippen LogP contribution is -2.46. The number of imidazole rings is 1. The number of amides is 1. The Labute approximate surface area is 250 Å². The first kappa shape index (κ1) is 27.3. The van der Waals surface area contributed by atoms with Crippen molar-refractivity contribution >= 4 is 34.5 Å². The zero-order chi connectivity index (χ0) is 29.3. The number of aliphatic imine (C=N–C) groups is 1. The van der Waals surface area contributed by atoms with Gasteiger partial charge in [-0.05, 0) is 67.9 Å². The number of hydrogen-bond acceptors (Lipinski definition) is 8. The fraction of sp³-hybridized carbons (Fsp3) is 0.364. The van der Waals surface area contributed by atoms with E-state index in [-0.39, 0.29) is 18.7 Å². The number of rotatable bonds is 8. The van der Waals surface area contributed by atoms with Crippen molar-refractivity contribution in [3.05, 3.63) is 60.2 Å². The molecular weight excluding hydrogens is 544 g/mol. The first-order valence-electron chi connectivity index (χ1n) is 15.0. The van der Waals surface area contributed by atoms with E-state index in [1.807, 2.05) is 35.4 Å². The SMILES string of the molecule is CCN1CCN(c2ccc3nc(-c4ccc(OCOc5cc6c(cc5OC)C(=O)N5CCC[C@H]5C=N6)cc4)[nH]c3c2)CC1. The third kappa shape index (κ3) is 5.38. The average molecular weight is 581 g/mol. The second kappa shape index (κ2) is 11.6. The molecule has 2 saturated heterocycles. The summed E-state index contributed by atoms with van der Waals surface area (Å²) in [6, 6.07) is 17.7. The molecule has 0 bridgehead atoms. The van der Waals surface area contributed by atoms with Crippen LogP contribution >= 0.6 is 0 Å². The summed E-state index contributed by atoms with van der Waals surface area (Å²) in [7, 11) is 1.56. The predicted molar refractivity (Wildman–Crippen MR) is 167 cm³/mol. The van der Waals surface area contributed by atoms with Gasteiger partial charge in [-0.15, -0.1) is 0 Å². The molecule has 3 aromatic carbocycles. The molecule has 1 atom stereocenters. The molecule has 1 aromatic heterocycles. The van der Waals surface area contributed by atoms with Gasteiger partial charge in [-0.3, -0.25) is 9.79 Å². The van der Waals surface area contributed by atoms with Crippen LogP contribution in [0.2, 0.25) is 0 Å². The third-order valence-corrected chi connectivity index (χ3v) is 8.68. The molecule has 3 aliphatic rings. The number of methoxy groups -OCH3 is 1. The van der Waals surface area contributed by atoms with Crippen LogP contribution in [0, 0.1) is 0 Å². The van der Waals surface area contributed by atoms with E-state index >= 15 is 0 Å². The molecule has 0 saturated carbocycles. The van der Waals surface area contributed by atoms with E-state index in [1.54, 1.807) is 19.2 Å². The Balaban J connectivity index is 1.00. The van der Waals surface area contributed by atoms with E-state index in [9.17, 15) is 4.79 Å². The molecule has 1 amide bonds. The average Bonchev–Trinajstić information content (AvgIpc) is 3.68. The van der Waals surface area contributed by atoms with Crippen molar-refractivity contribution in [2.24, 2.45) is 4.99 Å². The van der Waals surface area contributed by atoms with Crippen molar-refractivity contribution < 1.29 is 19.0 Å². The van der Waals surface area contributed by atoms with Crippen molar-refractivity contribution in [3.63, 3.8) is 0 Å². The number of fused-ring (bicyclic) bond motifs is 3. The molecule has 1 N–H and O–H groups in total. The lowest BCUT2D eigenvalue weighted by atomic mass is 10.1. The first-order valence-corrected chi connectivity index (χ1v) is 15.0. The van der Waals surface area contributed by atoms with Crippen molar-refractivity contribution in [2.45, 2.75) is 25.8 Å². The van der Waals surface area contributed by atoms with Crippen molar-refractivity contribution in [1.29, 1.82) is 0 Å². The number of carbonyl (C=O) groups is 1. The lowest BCUT2D eigenvalue weighted by molar-refractivity contribution is 0.0774. The normalized spacial score (nSPS) is 18.5. The van der Waals surface area contributed by atoms with Gasteiger partial charge in [0.25, 0.3) is 5.91 Å². The Morgan fingerprint density at radius 1 is 0.953 bits per heavy atom. The van der Waals surface area contributed by atoms with Gasteiger partial charge in [0.1, 0.15) is 11.6 Å². The summed E-state index contributed by atoms with van der Waals surface area (Å²) in [5.74, 6) is 2.40. The van der Waals surface area contributed by atoms with Crippen LogP contribution in [0.25, 0.3) is 22.4 Å². The fourth-order valence-corrected chi connectivity index (χ4v) is 6.14. The molecule has 0 radical (unpaired) electrons. The molecule has 7 rings (SSSR count). The molecule has 4 heterocycles. The summed E-state index contributed by atoms with van der Waals surface area (Å²) in [4.78, 5) is 32.8. The summed E-state index contributed by atoms with van der Waals surface area (Å²) in [6.45, 7) is 8.31. The van der Waals surface area contributed by atoms with Crippen LogP contribution in [-0.2, 0) is 0 Å². The number of piperazine rings is 1. The summed E-state index contributed by atoms with van der Waals surface area (Å²) < 4.78 is 17.3. The zero-order valence-corrected chi connectivity index (χ0v) is 24.6. The van der Waals surface area contributed by atoms with E-state index in [1.165, 1.54) is 5.69 Å². The Morgan fingerprint density at radius 2 is 1.79 bits per heavy atom. The van der Waals surface area contributed by atoms with Gasteiger partial charge in [-0.1, -0.05) is 6.92 Å². The molecule has 2 fully saturated rings. The number of anilines is 1. The Kier molecular flexibility index (Phi) is 7.36. The van der Waals surface area contributed by atoms with Crippen LogP contribution in [0.1, 0.15) is 30.1 Å². The number of carbonyl (C=O) groups excluding carboxylic acids is 1. The van der Waals surface area contributed by atoms with Gasteiger partial charge >= 0.3 is 0 Å². The van der Waals surface area contributed by atoms with E-state index < -0.39 is 0 Å². The number of nitrogens with one attached hydrogen (secondary N) is 1. The molecule has 0 unspecified atom stereocenters. The molecule has 222 valence electrons. The standard InChI is InChI=1S/C33H36N6O4/c1-3-37-13-15-38(16-14-37)23-8-11-27-29(17-23)36-32(35-27)22-6-9-25(10-7-22)42-21-43-31-19-28-26(18-30(31)41-2)33(40)39-12-4-5-24(39)20-34-28/h6-11,17-20,24H,3-5,12-16,21H2,1-2H3,(H,35,36)/t24-/m0/s1. The van der Waals surface area contributed by atoms with E-state index in [0.29, 0.717) is 28.5 Å². The van der Waals surface area contributed by atoms with Crippen molar-refractivity contribution in [3.8, 4) is 28.6 Å². The number of benzene rings is 3. The predicted octanol–water partition coefficient (Wildman–Crippen LogP) is 5.12. The molecule has 10 heteroatoms. The van der Waals surface area contributed by atoms with Gasteiger partial charge in [-0.2, -0.15) is 0 Å². The molecule has 0 spiro atoms. The highest BCUT2D eigenvalue weighted by atomic mass is 16.7. The van der Waals surface area contributed by atoms with Crippen LogP contribution in [-0.4, -0.2) is 91.1 Å². The second-order valence-electron chi connectivity index (χ2n) is 11.1. The summed E-state index contributed by atoms with van der Waals surface area (Å²) in [5.41, 5.74) is 5.28. The molecular formula is C33H36N6O4. The minimum Gasteiger partial charge on any atom is -0.493 e. The van der Waals surface area contributed by atoms with Crippen LogP contribution in [0.5, 0.6) is 17.2 Å². The van der Waals surface area contributed by atoms with E-state index in [4.69, 9.17) is 19.2 Å². The maximum Gasteiger partial charge on any atom is 0.256 e. The van der Waals surface area contributed by atoms with Crippen molar-refractivity contribution in [1.82, 2.24) is 19.8 Å². The topological polar surface area (TPSA) is 95.5 Å².